The van der Waals surface area contributed by atoms with Crippen molar-refractivity contribution in [3.05, 3.63) is 201 Å². The van der Waals surface area contributed by atoms with Crippen LogP contribution in [0.5, 0.6) is 0 Å². The van der Waals surface area contributed by atoms with E-state index in [-0.39, 0.29) is 0 Å². The van der Waals surface area contributed by atoms with Gasteiger partial charge in [0.2, 0.25) is 0 Å². The van der Waals surface area contributed by atoms with Gasteiger partial charge in [-0.15, -0.1) is 11.3 Å². The molecule has 54 heavy (non-hydrogen) atoms. The van der Waals surface area contributed by atoms with Crippen molar-refractivity contribution in [1.82, 2.24) is 0 Å². The van der Waals surface area contributed by atoms with Crippen molar-refractivity contribution in [2.45, 2.75) is 0 Å². The van der Waals surface area contributed by atoms with E-state index in [9.17, 15) is 0 Å². The number of furan rings is 1. The number of thiophene rings is 1. The molecule has 0 atom stereocenters. The number of allylic oxidation sites excluding steroid dienone is 4. The maximum atomic E-state index is 6.93. The van der Waals surface area contributed by atoms with Crippen LogP contribution < -0.4 is 0 Å². The second kappa shape index (κ2) is 13.0. The predicted octanol–water partition coefficient (Wildman–Crippen LogP) is 15.6. The molecule has 0 radical (unpaired) electrons. The Balaban J connectivity index is 1.24. The van der Waals surface area contributed by atoms with Gasteiger partial charge < -0.3 is 4.42 Å². The van der Waals surface area contributed by atoms with E-state index < -0.39 is 0 Å². The molecule has 10 rings (SSSR count). The fourth-order valence-electron chi connectivity index (χ4n) is 8.20. The van der Waals surface area contributed by atoms with E-state index in [1.165, 1.54) is 47.3 Å². The Morgan fingerprint density at radius 2 is 1.09 bits per heavy atom. The van der Waals surface area contributed by atoms with Crippen molar-refractivity contribution >= 4 is 91.3 Å². The van der Waals surface area contributed by atoms with E-state index in [0.717, 1.165) is 60.5 Å². The number of rotatable bonds is 5. The molecule has 254 valence electrons. The molecule has 0 saturated carbocycles. The Kier molecular flexibility index (Phi) is 7.71. The average Bonchev–Trinajstić information content (AvgIpc) is 3.80. The lowest BCUT2D eigenvalue weighted by Crippen LogP contribution is -1.88. The molecule has 0 saturated heterocycles. The molecule has 2 heterocycles. The van der Waals surface area contributed by atoms with Crippen LogP contribution in [-0.2, 0) is 0 Å². The summed E-state index contributed by atoms with van der Waals surface area (Å²) in [5, 5.41) is 11.9. The van der Waals surface area contributed by atoms with Gasteiger partial charge in [0.05, 0.1) is 0 Å². The lowest BCUT2D eigenvalue weighted by atomic mass is 9.90. The van der Waals surface area contributed by atoms with E-state index in [1.54, 1.807) is 6.08 Å². The van der Waals surface area contributed by atoms with Crippen LogP contribution >= 0.6 is 11.3 Å². The summed E-state index contributed by atoms with van der Waals surface area (Å²) in [6.07, 6.45) is 5.74. The van der Waals surface area contributed by atoms with Crippen molar-refractivity contribution < 1.29 is 4.42 Å². The van der Waals surface area contributed by atoms with Gasteiger partial charge in [0.15, 0.2) is 0 Å². The third-order valence-electron chi connectivity index (χ3n) is 10.6. The number of benzene rings is 7. The van der Waals surface area contributed by atoms with Crippen LogP contribution in [-0.4, -0.2) is 0 Å². The molecule has 0 amide bonds. The van der Waals surface area contributed by atoms with Gasteiger partial charge in [-0.25, -0.2) is 0 Å². The molecule has 2 aromatic heterocycles. The monoisotopic (exact) mass is 706 g/mol. The lowest BCUT2D eigenvalue weighted by Gasteiger charge is -2.14. The molecule has 1 nitrogen and oxygen atoms in total. The summed E-state index contributed by atoms with van der Waals surface area (Å²) in [7, 11) is 0. The highest BCUT2D eigenvalue weighted by Crippen LogP contribution is 2.48. The Labute approximate surface area is 317 Å². The van der Waals surface area contributed by atoms with Crippen LogP contribution in [0, 0.1) is 0 Å². The second-order valence-corrected chi connectivity index (χ2v) is 14.7. The lowest BCUT2D eigenvalue weighted by molar-refractivity contribution is 0.673. The van der Waals surface area contributed by atoms with Crippen molar-refractivity contribution in [2.24, 2.45) is 0 Å². The zero-order valence-corrected chi connectivity index (χ0v) is 30.4. The summed E-state index contributed by atoms with van der Waals surface area (Å²) in [5.41, 5.74) is 8.45. The minimum absolute atomic E-state index is 0.887. The highest BCUT2D eigenvalue weighted by molar-refractivity contribution is 7.27. The summed E-state index contributed by atoms with van der Waals surface area (Å²) in [6, 6.07) is 58.9. The smallest absolute Gasteiger partial charge is 0.143 e. The molecule has 10 aromatic rings. The fourth-order valence-corrected chi connectivity index (χ4v) is 9.45. The molecule has 0 unspecified atom stereocenters. The third kappa shape index (κ3) is 5.07. The van der Waals surface area contributed by atoms with Gasteiger partial charge in [0, 0.05) is 41.7 Å². The molecule has 0 aliphatic rings. The van der Waals surface area contributed by atoms with Gasteiger partial charge >= 0.3 is 0 Å². The van der Waals surface area contributed by atoms with E-state index in [1.807, 2.05) is 23.5 Å². The molecule has 8 aromatic carbocycles. The van der Waals surface area contributed by atoms with E-state index in [4.69, 9.17) is 4.42 Å². The van der Waals surface area contributed by atoms with Crippen molar-refractivity contribution in [1.29, 1.82) is 0 Å². The molecule has 0 N–H and O–H groups in total. The van der Waals surface area contributed by atoms with Crippen molar-refractivity contribution in [3.63, 3.8) is 0 Å². The number of hydrogen-bond donors (Lipinski definition) is 0. The molecular formula is C52H34OS. The summed E-state index contributed by atoms with van der Waals surface area (Å²) in [5.74, 6) is 0. The summed E-state index contributed by atoms with van der Waals surface area (Å²) < 4.78 is 9.53. The van der Waals surface area contributed by atoms with Gasteiger partial charge in [-0.2, -0.15) is 0 Å². The fraction of sp³-hybridized carbons (Fsp3) is 0. The number of hydrogen-bond acceptors (Lipinski definition) is 2. The maximum absolute atomic E-state index is 6.93. The number of fused-ring (bicyclic) bond motifs is 12. The van der Waals surface area contributed by atoms with Gasteiger partial charge in [0.25, 0.3) is 0 Å². The van der Waals surface area contributed by atoms with Crippen LogP contribution in [0.2, 0.25) is 0 Å². The van der Waals surface area contributed by atoms with E-state index in [0.29, 0.717) is 0 Å². The summed E-state index contributed by atoms with van der Waals surface area (Å²) in [4.78, 5) is 0. The summed E-state index contributed by atoms with van der Waals surface area (Å²) in [6.45, 7) is 8.22. The normalized spacial score (nSPS) is 11.8. The van der Waals surface area contributed by atoms with Gasteiger partial charge in [0.1, 0.15) is 11.2 Å². The molecule has 0 bridgehead atoms. The molecule has 0 aliphatic carbocycles. The minimum atomic E-state index is 0.887. The summed E-state index contributed by atoms with van der Waals surface area (Å²) >= 11 is 1.87. The maximum Gasteiger partial charge on any atom is 0.143 e. The highest BCUT2D eigenvalue weighted by Gasteiger charge is 2.20. The van der Waals surface area contributed by atoms with E-state index >= 15 is 0 Å². The van der Waals surface area contributed by atoms with Crippen LogP contribution in [0.1, 0.15) is 5.56 Å². The first-order chi connectivity index (χ1) is 26.7. The standard InChI is InChI=1S/C52H34OS/c1-3-4-17-33(2)35-30-31-42(39-22-11-9-20-37(35)39)41-19-8-6-5-7-18-36(38-21-10-12-23-40(38)41)34-28-29-45-47(32-34)53-51-43-24-13-14-25-44(43)52-50(49(45)51)46-26-15-16-27-48(46)54-52/h3-32H,1-2H2/b6-5?,7-5?,8-6?,17-4-,18-7?,19-8?,36-18?,38-36?,41-19?,41-40?. The molecule has 0 fully saturated rings. The van der Waals surface area contributed by atoms with E-state index in [2.05, 4.69) is 177 Å². The molecule has 0 spiro atoms. The van der Waals surface area contributed by atoms with Gasteiger partial charge in [-0.3, -0.25) is 0 Å². The zero-order valence-electron chi connectivity index (χ0n) is 29.6. The molecule has 0 aliphatic heterocycles. The Morgan fingerprint density at radius 1 is 0.500 bits per heavy atom. The van der Waals surface area contributed by atoms with Crippen LogP contribution in [0.3, 0.4) is 0 Å². The first-order valence-electron chi connectivity index (χ1n) is 18.2. The predicted molar refractivity (Wildman–Crippen MR) is 236 cm³/mol. The Bertz CT molecular complexity index is 3260. The minimum Gasteiger partial charge on any atom is -0.455 e. The quantitative estimate of drug-likeness (QED) is 0.162. The van der Waals surface area contributed by atoms with Crippen LogP contribution in [0.25, 0.3) is 102 Å². The van der Waals surface area contributed by atoms with Crippen molar-refractivity contribution in [3.8, 4) is 22.3 Å². The first-order valence-corrected chi connectivity index (χ1v) is 19.1. The highest BCUT2D eigenvalue weighted by atomic mass is 32.1. The Morgan fingerprint density at radius 3 is 1.85 bits per heavy atom. The third-order valence-corrected chi connectivity index (χ3v) is 11.8. The van der Waals surface area contributed by atoms with Crippen LogP contribution in [0.4, 0.5) is 0 Å². The van der Waals surface area contributed by atoms with Gasteiger partial charge in [-0.1, -0.05) is 177 Å². The Hall–Kier alpha value is -6.74. The van der Waals surface area contributed by atoms with Crippen molar-refractivity contribution in [2.75, 3.05) is 0 Å². The molecule has 2 heteroatoms. The zero-order chi connectivity index (χ0) is 36.2. The van der Waals surface area contributed by atoms with Gasteiger partial charge in [-0.05, 0) is 73.1 Å². The SMILES string of the molecule is C=C/C=C\C(=C)c1ccc(-c2ccccccc(-c3ccc4c(c3)oc3c5ccccc5c5sc6ccccc6c5c43)c3ccccc23)c2ccccc12. The van der Waals surface area contributed by atoms with Crippen LogP contribution in [0.15, 0.2) is 200 Å². The second-order valence-electron chi connectivity index (χ2n) is 13.7. The first kappa shape index (κ1) is 32.0. The average molecular weight is 707 g/mol. The largest absolute Gasteiger partial charge is 0.455 e. The molecular weight excluding hydrogens is 673 g/mol. The topological polar surface area (TPSA) is 13.1 Å².